The third-order valence-electron chi connectivity index (χ3n) is 2.50. The molecule has 1 aromatic rings. The molecular weight excluding hydrogens is 231 g/mol. The van der Waals surface area contributed by atoms with Crippen LogP contribution in [0.25, 0.3) is 0 Å². The number of rotatable bonds is 4. The van der Waals surface area contributed by atoms with Crippen LogP contribution in [0, 0.1) is 0 Å². The van der Waals surface area contributed by atoms with E-state index < -0.39 is 11.9 Å². The molecule has 6 heteroatoms. The maximum Gasteiger partial charge on any atom is 0.433 e. The summed E-state index contributed by atoms with van der Waals surface area (Å²) in [5.41, 5.74) is -0.875. The number of anilines is 1. The number of hydrogen-bond donors (Lipinski definition) is 1. The molecule has 3 nitrogen and oxygen atoms in total. The molecular formula is C11H16F3N3. The third kappa shape index (κ3) is 4.22. The zero-order valence-electron chi connectivity index (χ0n) is 10.0. The van der Waals surface area contributed by atoms with Gasteiger partial charge in [0.1, 0.15) is 11.5 Å². The normalized spacial score (nSPS) is 13.8. The van der Waals surface area contributed by atoms with Gasteiger partial charge >= 0.3 is 6.18 Å². The van der Waals surface area contributed by atoms with Gasteiger partial charge in [0.2, 0.25) is 0 Å². The van der Waals surface area contributed by atoms with E-state index in [1.165, 1.54) is 12.1 Å². The number of halogens is 3. The molecule has 0 radical (unpaired) electrons. The molecule has 0 aromatic carbocycles. The molecule has 0 saturated carbocycles. The highest BCUT2D eigenvalue weighted by atomic mass is 19.4. The largest absolute Gasteiger partial charge is 0.433 e. The van der Waals surface area contributed by atoms with Crippen molar-refractivity contribution < 1.29 is 13.2 Å². The molecule has 0 aliphatic heterocycles. The standard InChI is InChI=1S/C11H16F3N3/c1-8(17(2)3)7-15-10-6-4-5-9(16-10)11(12,13)14/h4-6,8H,7H2,1-3H3,(H,15,16). The molecule has 0 spiro atoms. The SMILES string of the molecule is CC(CNc1cccc(C(F)(F)F)n1)N(C)C. The summed E-state index contributed by atoms with van der Waals surface area (Å²) in [5, 5.41) is 2.89. The van der Waals surface area contributed by atoms with Crippen LogP contribution in [0.1, 0.15) is 12.6 Å². The fourth-order valence-electron chi connectivity index (χ4n) is 1.13. The second kappa shape index (κ2) is 5.35. The second-order valence-electron chi connectivity index (χ2n) is 4.10. The monoisotopic (exact) mass is 247 g/mol. The molecule has 0 aliphatic carbocycles. The highest BCUT2D eigenvalue weighted by Crippen LogP contribution is 2.28. The average molecular weight is 247 g/mol. The molecule has 1 aromatic heterocycles. The first-order chi connectivity index (χ1) is 7.80. The first-order valence-electron chi connectivity index (χ1n) is 5.25. The minimum Gasteiger partial charge on any atom is -0.369 e. The minimum absolute atomic E-state index is 0.214. The van der Waals surface area contributed by atoms with Gasteiger partial charge in [-0.1, -0.05) is 6.07 Å². The molecule has 0 fully saturated rings. The quantitative estimate of drug-likeness (QED) is 0.885. The summed E-state index contributed by atoms with van der Waals surface area (Å²) in [7, 11) is 3.82. The lowest BCUT2D eigenvalue weighted by atomic mass is 10.3. The van der Waals surface area contributed by atoms with E-state index in [9.17, 15) is 13.2 Å². The van der Waals surface area contributed by atoms with E-state index in [2.05, 4.69) is 10.3 Å². The predicted molar refractivity (Wildman–Crippen MR) is 60.9 cm³/mol. The van der Waals surface area contributed by atoms with Gasteiger partial charge in [-0.2, -0.15) is 13.2 Å². The zero-order valence-corrected chi connectivity index (χ0v) is 10.0. The van der Waals surface area contributed by atoms with E-state index in [0.717, 1.165) is 6.07 Å². The number of pyridine rings is 1. The molecule has 0 saturated heterocycles. The van der Waals surface area contributed by atoms with E-state index in [-0.39, 0.29) is 11.9 Å². The number of hydrogen-bond acceptors (Lipinski definition) is 3. The molecule has 1 N–H and O–H groups in total. The van der Waals surface area contributed by atoms with Crippen molar-refractivity contribution in [1.82, 2.24) is 9.88 Å². The van der Waals surface area contributed by atoms with Crippen LogP contribution in [0.5, 0.6) is 0 Å². The Morgan fingerprint density at radius 2 is 2.00 bits per heavy atom. The molecule has 1 rings (SSSR count). The van der Waals surface area contributed by atoms with Gasteiger partial charge in [0.25, 0.3) is 0 Å². The molecule has 96 valence electrons. The van der Waals surface area contributed by atoms with Gasteiger partial charge in [-0.05, 0) is 33.2 Å². The van der Waals surface area contributed by atoms with Crippen molar-refractivity contribution >= 4 is 5.82 Å². The summed E-state index contributed by atoms with van der Waals surface area (Å²) in [4.78, 5) is 5.49. The fraction of sp³-hybridized carbons (Fsp3) is 0.545. The lowest BCUT2D eigenvalue weighted by molar-refractivity contribution is -0.141. The summed E-state index contributed by atoms with van der Waals surface area (Å²) < 4.78 is 37.2. The highest BCUT2D eigenvalue weighted by molar-refractivity contribution is 5.36. The van der Waals surface area contributed by atoms with Gasteiger partial charge in [-0.3, -0.25) is 0 Å². The Labute approximate surface area is 98.6 Å². The van der Waals surface area contributed by atoms with Crippen LogP contribution in [0.3, 0.4) is 0 Å². The Morgan fingerprint density at radius 3 is 2.53 bits per heavy atom. The van der Waals surface area contributed by atoms with Gasteiger partial charge in [0.15, 0.2) is 0 Å². The van der Waals surface area contributed by atoms with E-state index in [0.29, 0.717) is 6.54 Å². The van der Waals surface area contributed by atoms with Crippen LogP contribution in [0.2, 0.25) is 0 Å². The zero-order chi connectivity index (χ0) is 13.1. The third-order valence-corrected chi connectivity index (χ3v) is 2.50. The maximum absolute atomic E-state index is 12.4. The topological polar surface area (TPSA) is 28.2 Å². The summed E-state index contributed by atoms with van der Waals surface area (Å²) in [6, 6.07) is 4.04. The molecule has 1 heterocycles. The number of likely N-dealkylation sites (N-methyl/N-ethyl adjacent to an activating group) is 1. The lowest BCUT2D eigenvalue weighted by Gasteiger charge is -2.20. The Hall–Kier alpha value is -1.30. The number of nitrogens with one attached hydrogen (secondary N) is 1. The van der Waals surface area contributed by atoms with Gasteiger partial charge in [0, 0.05) is 12.6 Å². The van der Waals surface area contributed by atoms with Crippen LogP contribution in [0.4, 0.5) is 19.0 Å². The van der Waals surface area contributed by atoms with Crippen molar-refractivity contribution in [2.75, 3.05) is 26.0 Å². The Morgan fingerprint density at radius 1 is 1.35 bits per heavy atom. The Kier molecular flexibility index (Phi) is 4.34. The average Bonchev–Trinajstić information content (AvgIpc) is 2.25. The van der Waals surface area contributed by atoms with Gasteiger partial charge in [-0.15, -0.1) is 0 Å². The summed E-state index contributed by atoms with van der Waals surface area (Å²) >= 11 is 0. The van der Waals surface area contributed by atoms with Gasteiger partial charge < -0.3 is 10.2 Å². The summed E-state index contributed by atoms with van der Waals surface area (Å²) in [6.45, 7) is 2.52. The number of alkyl halides is 3. The second-order valence-corrected chi connectivity index (χ2v) is 4.10. The molecule has 17 heavy (non-hydrogen) atoms. The molecule has 0 aliphatic rings. The van der Waals surface area contributed by atoms with Gasteiger partial charge in [-0.25, -0.2) is 4.98 Å². The van der Waals surface area contributed by atoms with Crippen LogP contribution in [-0.2, 0) is 6.18 Å². The van der Waals surface area contributed by atoms with Crippen molar-refractivity contribution in [2.24, 2.45) is 0 Å². The molecule has 0 bridgehead atoms. The first-order valence-corrected chi connectivity index (χ1v) is 5.25. The lowest BCUT2D eigenvalue weighted by Crippen LogP contribution is -2.31. The fourth-order valence-corrected chi connectivity index (χ4v) is 1.13. The summed E-state index contributed by atoms with van der Waals surface area (Å²) in [6.07, 6.45) is -4.40. The van der Waals surface area contributed by atoms with Crippen molar-refractivity contribution in [3.05, 3.63) is 23.9 Å². The Bertz CT molecular complexity index is 363. The van der Waals surface area contributed by atoms with Crippen molar-refractivity contribution in [3.63, 3.8) is 0 Å². The molecule has 1 unspecified atom stereocenters. The van der Waals surface area contributed by atoms with Gasteiger partial charge in [0.05, 0.1) is 0 Å². The van der Waals surface area contributed by atoms with Crippen LogP contribution < -0.4 is 5.32 Å². The van der Waals surface area contributed by atoms with Crippen LogP contribution >= 0.6 is 0 Å². The minimum atomic E-state index is -4.40. The van der Waals surface area contributed by atoms with E-state index in [1.54, 1.807) is 0 Å². The van der Waals surface area contributed by atoms with E-state index in [1.807, 2.05) is 25.9 Å². The van der Waals surface area contributed by atoms with Crippen molar-refractivity contribution in [2.45, 2.75) is 19.1 Å². The number of aromatic nitrogens is 1. The smallest absolute Gasteiger partial charge is 0.369 e. The summed E-state index contributed by atoms with van der Waals surface area (Å²) in [5.74, 6) is 0.244. The van der Waals surface area contributed by atoms with E-state index in [4.69, 9.17) is 0 Å². The van der Waals surface area contributed by atoms with Crippen LogP contribution in [0.15, 0.2) is 18.2 Å². The van der Waals surface area contributed by atoms with E-state index >= 15 is 0 Å². The molecule has 0 amide bonds. The molecule has 1 atom stereocenters. The highest BCUT2D eigenvalue weighted by Gasteiger charge is 2.32. The van der Waals surface area contributed by atoms with Crippen LogP contribution in [-0.4, -0.2) is 36.6 Å². The maximum atomic E-state index is 12.4. The van der Waals surface area contributed by atoms with Crippen molar-refractivity contribution in [3.8, 4) is 0 Å². The Balaban J connectivity index is 2.67. The van der Waals surface area contributed by atoms with Crippen molar-refractivity contribution in [1.29, 1.82) is 0 Å². The number of nitrogens with zero attached hydrogens (tertiary/aromatic N) is 2. The first kappa shape index (κ1) is 13.8. The predicted octanol–water partition coefficient (Wildman–Crippen LogP) is 2.46.